The number of urea groups is 1. The highest BCUT2D eigenvalue weighted by Crippen LogP contribution is 2.20. The number of H-pyrrole nitrogens is 2. The highest BCUT2D eigenvalue weighted by molar-refractivity contribution is 7.80. The van der Waals surface area contributed by atoms with Gasteiger partial charge in [0.25, 0.3) is 5.91 Å². The van der Waals surface area contributed by atoms with Crippen LogP contribution in [0.15, 0.2) is 78.3 Å². The highest BCUT2D eigenvalue weighted by atomic mass is 32.1. The van der Waals surface area contributed by atoms with Crippen LogP contribution >= 0.6 is 25.3 Å². The third kappa shape index (κ3) is 18.0. The molecule has 0 radical (unpaired) electrons. The van der Waals surface area contributed by atoms with Crippen molar-refractivity contribution >= 4 is 101 Å². The monoisotopic (exact) mass is 1130 g/mol. The Morgan fingerprint density at radius 3 is 1.84 bits per heavy atom. The summed E-state index contributed by atoms with van der Waals surface area (Å²) in [5.74, 6) is -7.80. The minimum absolute atomic E-state index is 0.0470. The number of aliphatic imine (C=N–C) groups is 1. The predicted octanol–water partition coefficient (Wildman–Crippen LogP) is -1.77. The Labute approximate surface area is 466 Å². The van der Waals surface area contributed by atoms with Crippen LogP contribution in [0, 0.1) is 0 Å². The molecule has 1 saturated heterocycles. The second-order valence-electron chi connectivity index (χ2n) is 18.9. The number of imide groups is 1. The summed E-state index contributed by atoms with van der Waals surface area (Å²) >= 11 is 8.40. The summed E-state index contributed by atoms with van der Waals surface area (Å²) in [6.07, 6.45) is 5.42. The molecule has 1 aliphatic heterocycles. The third-order valence-corrected chi connectivity index (χ3v) is 13.6. The number of nitrogens with zero attached hydrogens (tertiary/aromatic N) is 3. The van der Waals surface area contributed by atoms with Crippen LogP contribution in [-0.4, -0.2) is 157 Å². The fourth-order valence-corrected chi connectivity index (χ4v) is 9.04. The number of carbonyl (C=O) groups is 10. The van der Waals surface area contributed by atoms with Crippen molar-refractivity contribution in [3.63, 3.8) is 0 Å². The van der Waals surface area contributed by atoms with Crippen molar-refractivity contribution in [3.05, 3.63) is 90.1 Å². The third-order valence-electron chi connectivity index (χ3n) is 12.9. The predicted molar refractivity (Wildman–Crippen MR) is 299 cm³/mol. The first-order valence-corrected chi connectivity index (χ1v) is 26.9. The number of hydrogen-bond donors (Lipinski definition) is 15. The Morgan fingerprint density at radius 2 is 1.24 bits per heavy atom. The summed E-state index contributed by atoms with van der Waals surface area (Å²) in [7, 11) is 0. The summed E-state index contributed by atoms with van der Waals surface area (Å²) in [5.41, 5.74) is 19.1. The quantitative estimate of drug-likeness (QED) is 0.00874. The maximum Gasteiger partial charge on any atom is 0.325 e. The number of unbranched alkanes of at least 4 members (excludes halogenated alkanes) is 1. The summed E-state index contributed by atoms with van der Waals surface area (Å²) in [6.45, 7) is 4.74. The Kier molecular flexibility index (Phi) is 23.5. The number of primary amides is 1. The molecule has 0 aliphatic carbocycles. The normalized spacial score (nSPS) is 16.1. The number of fused-ring (bicyclic) bond motifs is 1. The molecule has 16 N–H and O–H groups in total. The van der Waals surface area contributed by atoms with Crippen LogP contribution in [-0.2, 0) is 62.4 Å². The van der Waals surface area contributed by atoms with Gasteiger partial charge in [0.1, 0.15) is 54.4 Å². The summed E-state index contributed by atoms with van der Waals surface area (Å²) in [4.78, 5) is 151. The molecule has 79 heavy (non-hydrogen) atoms. The minimum Gasteiger partial charge on any atom is -0.370 e. The molecule has 0 spiro atoms. The maximum atomic E-state index is 14.7. The number of imidazole rings is 1. The van der Waals surface area contributed by atoms with E-state index in [9.17, 15) is 47.9 Å². The van der Waals surface area contributed by atoms with E-state index in [1.807, 2.05) is 25.1 Å². The lowest BCUT2D eigenvalue weighted by molar-refractivity contribution is -0.137. The minimum atomic E-state index is -1.42. The first-order chi connectivity index (χ1) is 37.7. The Bertz CT molecular complexity index is 2810. The van der Waals surface area contributed by atoms with Gasteiger partial charge in [-0.2, -0.15) is 25.3 Å². The number of rotatable bonds is 31. The van der Waals surface area contributed by atoms with E-state index in [0.717, 1.165) is 15.8 Å². The van der Waals surface area contributed by atoms with Gasteiger partial charge in [0.05, 0.1) is 6.33 Å². The van der Waals surface area contributed by atoms with Gasteiger partial charge in [-0.3, -0.25) is 48.1 Å². The Hall–Kier alpha value is -8.14. The highest BCUT2D eigenvalue weighted by Gasteiger charge is 2.43. The van der Waals surface area contributed by atoms with Gasteiger partial charge in [-0.1, -0.05) is 68.3 Å². The number of thiol groups is 2. The molecule has 26 nitrogen and oxygen atoms in total. The molecule has 5 rings (SSSR count). The lowest BCUT2D eigenvalue weighted by Gasteiger charge is -2.28. The molecular weight excluding hydrogens is 1060 g/mol. The Morgan fingerprint density at radius 1 is 0.671 bits per heavy atom. The molecule has 2 aromatic heterocycles. The molecule has 9 atom stereocenters. The second-order valence-corrected chi connectivity index (χ2v) is 19.6. The molecule has 4 aromatic rings. The molecule has 0 unspecified atom stereocenters. The number of amides is 11. The van der Waals surface area contributed by atoms with Gasteiger partial charge in [0.15, 0.2) is 5.96 Å². The van der Waals surface area contributed by atoms with Crippen LogP contribution in [0.2, 0.25) is 0 Å². The van der Waals surface area contributed by atoms with Crippen LogP contribution in [0.5, 0.6) is 0 Å². The molecule has 28 heteroatoms. The number of benzene rings is 2. The number of para-hydroxylation sites is 1. The van der Waals surface area contributed by atoms with E-state index >= 15 is 0 Å². The number of nitrogens with two attached hydrogens (primary N) is 3. The van der Waals surface area contributed by atoms with Gasteiger partial charge in [-0.15, -0.1) is 0 Å². The average Bonchev–Trinajstić information content (AvgIpc) is 4.23. The van der Waals surface area contributed by atoms with Crippen molar-refractivity contribution in [3.8, 4) is 0 Å². The summed E-state index contributed by atoms with van der Waals surface area (Å²) in [5, 5.41) is 21.7. The topological polar surface area (TPSA) is 405 Å². The van der Waals surface area contributed by atoms with Crippen LogP contribution in [0.3, 0.4) is 0 Å². The maximum absolute atomic E-state index is 14.7. The SMILES string of the molecule is CCCC[C@@H](C(=O)N[C@@H](CS)C(=O)N[C@H](C)C(=O)N[C@@H](Cc1cnc[nH]1)C(=O)N[C@H](Cc1ccccc1)C(=O)N[C@@H](CCCN=C(N)N)C(=O)N[C@@H](Cc1c[nH]c2ccccc12)C(=O)N[C@@H](CS)C(N)=O)N1C(=O)N[C@@H](C)C1=O. The van der Waals surface area contributed by atoms with Gasteiger partial charge in [-0.25, -0.2) is 14.7 Å². The van der Waals surface area contributed by atoms with E-state index in [4.69, 9.17) is 17.2 Å². The van der Waals surface area contributed by atoms with E-state index in [2.05, 4.69) is 87.7 Å². The van der Waals surface area contributed by atoms with E-state index in [1.165, 1.54) is 26.4 Å². The first-order valence-electron chi connectivity index (χ1n) is 25.6. The van der Waals surface area contributed by atoms with Gasteiger partial charge in [0, 0.05) is 66.3 Å². The van der Waals surface area contributed by atoms with Crippen molar-refractivity contribution < 1.29 is 47.9 Å². The summed E-state index contributed by atoms with van der Waals surface area (Å²) in [6, 6.07) is 3.70. The first kappa shape index (κ1) is 61.7. The molecule has 3 heterocycles. The summed E-state index contributed by atoms with van der Waals surface area (Å²) < 4.78 is 0. The largest absolute Gasteiger partial charge is 0.370 e. The lowest BCUT2D eigenvalue weighted by Crippen LogP contribution is -2.61. The fraction of sp³-hybridized carbons (Fsp3) is 0.451. The van der Waals surface area contributed by atoms with Crippen LogP contribution < -0.4 is 59.7 Å². The Balaban J connectivity index is 1.37. The van der Waals surface area contributed by atoms with E-state index in [-0.39, 0.29) is 62.5 Å². The average molecular weight is 1130 g/mol. The van der Waals surface area contributed by atoms with E-state index in [0.29, 0.717) is 29.7 Å². The van der Waals surface area contributed by atoms with Crippen molar-refractivity contribution in [1.29, 1.82) is 0 Å². The van der Waals surface area contributed by atoms with Crippen molar-refractivity contribution in [2.75, 3.05) is 18.1 Å². The molecule has 1 fully saturated rings. The number of carbonyl (C=O) groups excluding carboxylic acids is 10. The van der Waals surface area contributed by atoms with Crippen LogP contribution in [0.4, 0.5) is 4.79 Å². The number of aromatic amines is 2. The van der Waals surface area contributed by atoms with Crippen molar-refractivity contribution in [2.24, 2.45) is 22.2 Å². The van der Waals surface area contributed by atoms with Crippen LogP contribution in [0.1, 0.15) is 69.7 Å². The fourth-order valence-electron chi connectivity index (χ4n) is 8.52. The van der Waals surface area contributed by atoms with Crippen molar-refractivity contribution in [2.45, 2.75) is 127 Å². The number of nitrogens with one attached hydrogen (secondary N) is 10. The van der Waals surface area contributed by atoms with Crippen LogP contribution in [0.25, 0.3) is 10.9 Å². The standard InChI is InChI=1S/C51H70N16O10S2/c1-4-5-17-40(67-49(76)28(3)60-51(67)77)48(75)66-39(25-79)47(74)59-27(2)42(69)62-37(21-31-23-55-26-58-31)46(73)63-35(19-29-12-7-6-8-13-29)44(71)61-34(16-11-18-56-50(53)54)43(70)64-36(45(72)65-38(24-78)41(52)68)20-30-22-57-33-15-10-9-14-32(30)33/h6-10,12-15,22-23,26-28,34-40,57,78-79H,4-5,11,16-21,24-25H2,1-3H3,(H2,52,68)(H,55,58)(H,59,74)(H,60,77)(H,61,71)(H,62,69)(H,63,73)(H,64,70)(H,65,72)(H,66,75)(H4,53,54,56)/t27-,28+,34+,35-,36+,37+,38+,39+,40+/m1/s1. The molecular formula is C51H70N16O10S2. The molecule has 0 saturated carbocycles. The molecule has 0 bridgehead atoms. The molecule has 11 amide bonds. The number of guanidine groups is 1. The van der Waals surface area contributed by atoms with Gasteiger partial charge >= 0.3 is 6.03 Å². The molecule has 2 aromatic carbocycles. The molecule has 426 valence electrons. The van der Waals surface area contributed by atoms with E-state index < -0.39 is 114 Å². The smallest absolute Gasteiger partial charge is 0.325 e. The van der Waals surface area contributed by atoms with E-state index in [1.54, 1.807) is 42.6 Å². The van der Waals surface area contributed by atoms with Gasteiger partial charge in [0.2, 0.25) is 47.3 Å². The van der Waals surface area contributed by atoms with Gasteiger partial charge in [-0.05, 0) is 50.3 Å². The zero-order valence-corrected chi connectivity index (χ0v) is 45.7. The number of hydrogen-bond acceptors (Lipinski definition) is 14. The zero-order valence-electron chi connectivity index (χ0n) is 44.0. The number of aromatic nitrogens is 3. The van der Waals surface area contributed by atoms with Gasteiger partial charge < -0.3 is 69.7 Å². The lowest BCUT2D eigenvalue weighted by atomic mass is 10.0. The van der Waals surface area contributed by atoms with Crippen molar-refractivity contribution in [1.82, 2.24) is 62.4 Å². The second kappa shape index (κ2) is 30.1. The molecule has 1 aliphatic rings. The zero-order chi connectivity index (χ0) is 57.8.